The molecule has 14 N–H and O–H groups in total. The summed E-state index contributed by atoms with van der Waals surface area (Å²) in [7, 11) is -1.22. The number of aromatic amines is 2. The number of H-pyrrole nitrogens is 2. The standard InChI is InChI=1S/2C12H11N7.C9H16O4.2C2H6OS/c2*13-9-7(6-4-2-1-3-5-6)16-8-10(14)18-12(15)19-11(8)17-9;10-8(11)6-4-2-1-3-5-7-9(12)13;2*1-4(2)3/h2*1-5H,(H6,13,14,15,17,18,19);1-7H2,(H,10,11)(H,12,13);2*1-2H3. The van der Waals surface area contributed by atoms with Gasteiger partial charge in [0.05, 0.1) is 0 Å². The molecule has 4 aromatic heterocycles. The van der Waals surface area contributed by atoms with Crippen molar-refractivity contribution in [2.24, 2.45) is 0 Å². The first-order valence-corrected chi connectivity index (χ1v) is 21.7. The molecule has 0 aliphatic carbocycles. The quantitative estimate of drug-likeness (QED) is 0.0964. The summed E-state index contributed by atoms with van der Waals surface area (Å²) in [5, 5.41) is 20.0. The SMILES string of the molecule is CS(C)=O.CS(C)=O.Nc1nc(N)c2nc(-c3ccccc3)c(N)nc2[nH+]1.Nc1nc(N)c2nc(-c3ccccc3)c(N)nc2[nH+]1.O=C([O-])CCCCCCCC(=O)[O-]. The van der Waals surface area contributed by atoms with Crippen LogP contribution >= 0.6 is 0 Å². The molecule has 0 saturated carbocycles. The van der Waals surface area contributed by atoms with E-state index in [-0.39, 0.29) is 36.4 Å². The van der Waals surface area contributed by atoms with Crippen molar-refractivity contribution in [2.75, 3.05) is 59.4 Å². The van der Waals surface area contributed by atoms with Crippen LogP contribution in [-0.4, -0.2) is 75.3 Å². The number of rotatable bonds is 10. The molecule has 6 rings (SSSR count). The number of nitrogens with two attached hydrogens (primary N) is 6. The molecule has 0 saturated heterocycles. The van der Waals surface area contributed by atoms with Gasteiger partial charge in [0, 0.05) is 69.7 Å². The maximum Gasteiger partial charge on any atom is 0.344 e. The van der Waals surface area contributed by atoms with Crippen LogP contribution in [0.25, 0.3) is 44.8 Å². The third kappa shape index (κ3) is 18.0. The fourth-order valence-corrected chi connectivity index (χ4v) is 4.78. The number of carbonyl (C=O) groups excluding carboxylic acids is 2. The van der Waals surface area contributed by atoms with Gasteiger partial charge in [-0.2, -0.15) is 0 Å². The molecule has 22 heteroatoms. The number of nitrogens with one attached hydrogen (secondary N) is 2. The van der Waals surface area contributed by atoms with Crippen molar-refractivity contribution in [3.63, 3.8) is 0 Å². The minimum absolute atomic E-state index is 0.0977. The smallest absolute Gasteiger partial charge is 0.344 e. The lowest BCUT2D eigenvalue weighted by molar-refractivity contribution is -0.334. The number of aromatic nitrogens is 8. The number of unbranched alkanes of at least 4 members (excludes halogenated alkanes) is 4. The van der Waals surface area contributed by atoms with Gasteiger partial charge in [-0.3, -0.25) is 8.42 Å². The van der Waals surface area contributed by atoms with Gasteiger partial charge in [-0.25, -0.2) is 19.9 Å². The fourth-order valence-electron chi connectivity index (χ4n) is 4.78. The van der Waals surface area contributed by atoms with E-state index in [1.165, 1.54) is 0 Å². The molecule has 0 atom stereocenters. The molecule has 0 aliphatic heterocycles. The number of aliphatic carboxylic acids is 2. The van der Waals surface area contributed by atoms with Crippen LogP contribution in [0.5, 0.6) is 0 Å². The van der Waals surface area contributed by atoms with E-state index in [4.69, 9.17) is 34.4 Å². The van der Waals surface area contributed by atoms with E-state index in [9.17, 15) is 28.2 Å². The summed E-state index contributed by atoms with van der Waals surface area (Å²) >= 11 is 0. The van der Waals surface area contributed by atoms with Crippen molar-refractivity contribution in [2.45, 2.75) is 44.9 Å². The van der Waals surface area contributed by atoms with Crippen LogP contribution in [0.1, 0.15) is 44.9 Å². The Morgan fingerprint density at radius 2 is 0.814 bits per heavy atom. The van der Waals surface area contributed by atoms with Crippen molar-refractivity contribution >= 4 is 91.0 Å². The van der Waals surface area contributed by atoms with Crippen molar-refractivity contribution < 1.29 is 38.2 Å². The lowest BCUT2D eigenvalue weighted by Gasteiger charge is -2.04. The first kappa shape index (κ1) is 48.5. The Morgan fingerprint density at radius 3 is 1.12 bits per heavy atom. The number of anilines is 6. The van der Waals surface area contributed by atoms with Crippen LogP contribution < -0.4 is 54.6 Å². The minimum atomic E-state index is -1.02. The van der Waals surface area contributed by atoms with Gasteiger partial charge in [0.15, 0.2) is 11.0 Å². The van der Waals surface area contributed by atoms with Gasteiger partial charge in [-0.05, 0) is 25.7 Å². The molecule has 0 amide bonds. The van der Waals surface area contributed by atoms with E-state index >= 15 is 0 Å². The zero-order chi connectivity index (χ0) is 44.1. The molecular weight excluding hydrogens is 801 g/mol. The molecular formula is C37H50N14O6S2. The fraction of sp³-hybridized carbons (Fsp3) is 0.297. The molecule has 20 nitrogen and oxygen atoms in total. The summed E-state index contributed by atoms with van der Waals surface area (Å²) in [6, 6.07) is 19.0. The molecule has 0 aliphatic rings. The maximum atomic E-state index is 9.98. The molecule has 0 spiro atoms. The highest BCUT2D eigenvalue weighted by atomic mass is 32.2. The third-order valence-corrected chi connectivity index (χ3v) is 7.16. The molecule has 0 unspecified atom stereocenters. The Labute approximate surface area is 345 Å². The second kappa shape index (κ2) is 24.8. The van der Waals surface area contributed by atoms with E-state index in [2.05, 4.69) is 39.9 Å². The van der Waals surface area contributed by atoms with Crippen molar-refractivity contribution in [3.8, 4) is 22.5 Å². The van der Waals surface area contributed by atoms with Crippen molar-refractivity contribution in [1.29, 1.82) is 0 Å². The highest BCUT2D eigenvalue weighted by molar-refractivity contribution is 7.83. The Balaban J connectivity index is 0.000000284. The summed E-state index contributed by atoms with van der Waals surface area (Å²) in [6.07, 6.45) is 10.5. The van der Waals surface area contributed by atoms with E-state index in [1.54, 1.807) is 25.0 Å². The van der Waals surface area contributed by atoms with Crippen LogP contribution in [0.3, 0.4) is 0 Å². The summed E-state index contributed by atoms with van der Waals surface area (Å²) in [5.74, 6) is -0.645. The summed E-state index contributed by atoms with van der Waals surface area (Å²) in [5.41, 5.74) is 39.2. The molecule has 316 valence electrons. The predicted molar refractivity (Wildman–Crippen MR) is 227 cm³/mol. The average Bonchev–Trinajstić information content (AvgIpc) is 3.14. The van der Waals surface area contributed by atoms with Crippen LogP contribution in [0, 0.1) is 0 Å². The number of benzene rings is 2. The Morgan fingerprint density at radius 1 is 0.508 bits per heavy atom. The highest BCUT2D eigenvalue weighted by Gasteiger charge is 2.18. The first-order valence-electron chi connectivity index (χ1n) is 17.7. The third-order valence-electron chi connectivity index (χ3n) is 7.16. The predicted octanol–water partition coefficient (Wildman–Crippen LogP) is -0.289. The monoisotopic (exact) mass is 850 g/mol. The number of carbonyl (C=O) groups is 2. The van der Waals surface area contributed by atoms with Crippen molar-refractivity contribution in [3.05, 3.63) is 60.7 Å². The number of hydrogen-bond acceptors (Lipinski definition) is 18. The zero-order valence-electron chi connectivity index (χ0n) is 33.1. The normalized spacial score (nSPS) is 10.3. The van der Waals surface area contributed by atoms with Crippen molar-refractivity contribution in [1.82, 2.24) is 29.9 Å². The largest absolute Gasteiger partial charge is 0.550 e. The number of fused-ring (bicyclic) bond motifs is 2. The number of nitrogen functional groups attached to an aromatic ring is 6. The Kier molecular flexibility index (Phi) is 20.4. The topological polar surface area (TPSA) is 376 Å². The number of hydrogen-bond donors (Lipinski definition) is 6. The second-order valence-electron chi connectivity index (χ2n) is 12.6. The Bertz CT molecular complexity index is 2170. The summed E-state index contributed by atoms with van der Waals surface area (Å²) < 4.78 is 19.1. The highest BCUT2D eigenvalue weighted by Crippen LogP contribution is 2.26. The molecule has 0 bridgehead atoms. The number of carboxylic acids is 2. The molecule has 4 heterocycles. The van der Waals surface area contributed by atoms with Gasteiger partial charge in [-0.15, -0.1) is 9.97 Å². The van der Waals surface area contributed by atoms with E-state index < -0.39 is 33.5 Å². The lowest BCUT2D eigenvalue weighted by atomic mass is 10.1. The summed E-state index contributed by atoms with van der Waals surface area (Å²) in [4.78, 5) is 50.7. The number of nitrogens with zero attached hydrogens (tertiary/aromatic N) is 6. The minimum Gasteiger partial charge on any atom is -0.550 e. The van der Waals surface area contributed by atoms with E-state index in [1.807, 2.05) is 60.7 Å². The average molecular weight is 851 g/mol. The molecule has 0 radical (unpaired) electrons. The van der Waals surface area contributed by atoms with Crippen LogP contribution in [0.15, 0.2) is 60.7 Å². The second-order valence-corrected chi connectivity index (χ2v) is 15.5. The van der Waals surface area contributed by atoms with E-state index in [0.29, 0.717) is 58.2 Å². The lowest BCUT2D eigenvalue weighted by Crippen LogP contribution is -2.21. The van der Waals surface area contributed by atoms with Gasteiger partial charge in [0.25, 0.3) is 11.3 Å². The van der Waals surface area contributed by atoms with Gasteiger partial charge in [0.2, 0.25) is 23.3 Å². The maximum absolute atomic E-state index is 9.98. The van der Waals surface area contributed by atoms with Crippen LogP contribution in [0.4, 0.5) is 35.2 Å². The molecule has 2 aromatic carbocycles. The van der Waals surface area contributed by atoms with Gasteiger partial charge in [-0.1, -0.05) is 89.9 Å². The summed E-state index contributed by atoms with van der Waals surface area (Å²) in [6.45, 7) is 0. The molecule has 0 fully saturated rings. The van der Waals surface area contributed by atoms with Gasteiger partial charge >= 0.3 is 11.9 Å². The molecule has 6 aromatic rings. The first-order chi connectivity index (χ1) is 27.9. The van der Waals surface area contributed by atoms with Gasteiger partial charge in [0.1, 0.15) is 11.4 Å². The van der Waals surface area contributed by atoms with Crippen LogP contribution in [-0.2, 0) is 31.2 Å². The molecule has 59 heavy (non-hydrogen) atoms. The van der Waals surface area contributed by atoms with E-state index in [0.717, 1.165) is 30.4 Å². The van der Waals surface area contributed by atoms with Gasteiger partial charge < -0.3 is 54.2 Å². The Hall–Kier alpha value is -6.68. The zero-order valence-corrected chi connectivity index (χ0v) is 34.8. The van der Waals surface area contributed by atoms with Crippen LogP contribution in [0.2, 0.25) is 0 Å². The number of carboxylic acid groups (broad SMARTS) is 2.